The molecule has 2 aromatic rings. The lowest BCUT2D eigenvalue weighted by atomic mass is 9.89. The molecule has 0 bridgehead atoms. The second kappa shape index (κ2) is 12.2. The highest BCUT2D eigenvalue weighted by Crippen LogP contribution is 2.31. The normalized spacial score (nSPS) is 16.0. The Kier molecular flexibility index (Phi) is 10.3. The number of H-pyrrole nitrogens is 1. The molecule has 3 rings (SSSR count). The molecule has 1 aliphatic rings. The first-order valence-corrected chi connectivity index (χ1v) is 9.61. The number of allylic oxidation sites excluding steroid dienone is 2. The molecule has 1 unspecified atom stereocenters. The average molecular weight is 411 g/mol. The Morgan fingerprint density at radius 1 is 1.24 bits per heavy atom. The lowest BCUT2D eigenvalue weighted by Gasteiger charge is -2.16. The molecule has 8 heteroatoms. The molecule has 0 amide bonds. The van der Waals surface area contributed by atoms with Crippen molar-refractivity contribution < 1.29 is 22.7 Å². The molecule has 1 aliphatic carbocycles. The first kappa shape index (κ1) is 24.6. The summed E-state index contributed by atoms with van der Waals surface area (Å²) in [6, 6.07) is 3.45. The molecular weight excluding hydrogens is 383 g/mol. The van der Waals surface area contributed by atoms with Crippen molar-refractivity contribution in [3.63, 3.8) is 0 Å². The molecule has 0 saturated carbocycles. The maximum Gasteiger partial charge on any atom is 0.432 e. The predicted molar refractivity (Wildman–Crippen MR) is 107 cm³/mol. The lowest BCUT2D eigenvalue weighted by molar-refractivity contribution is -0.140. The zero-order valence-corrected chi connectivity index (χ0v) is 17.2. The number of hydrogen-bond acceptors (Lipinski definition) is 4. The number of pyridine rings is 1. The number of hydrogen-bond donors (Lipinski definition) is 1. The number of aldehydes is 1. The highest BCUT2D eigenvalue weighted by Gasteiger charge is 2.33. The van der Waals surface area contributed by atoms with Crippen molar-refractivity contribution in [2.75, 3.05) is 13.7 Å². The van der Waals surface area contributed by atoms with Crippen molar-refractivity contribution in [3.05, 3.63) is 42.0 Å². The number of halogens is 3. The molecule has 1 atom stereocenters. The van der Waals surface area contributed by atoms with Crippen LogP contribution in [0.25, 0.3) is 17.0 Å². The number of aromatic amines is 1. The standard InChI is InChI=1S/C16H14F3N3O.C3H8O.C2H6/c17-16(18,19)14-8-21-15(22-14)12-5-6-13(20-7-12)11-3-1-10(9-23)2-4-11;1-3-4-2;1-2/h3,5-10H,1-2,4H2,(H,21,22);3H2,1-2H3;1-2H3. The molecule has 2 heterocycles. The topological polar surface area (TPSA) is 67.9 Å². The third-order valence-electron chi connectivity index (χ3n) is 4.18. The molecular formula is C21H28F3N3O2. The first-order valence-electron chi connectivity index (χ1n) is 9.61. The van der Waals surface area contributed by atoms with Crippen molar-refractivity contribution in [3.8, 4) is 11.4 Å². The van der Waals surface area contributed by atoms with E-state index in [0.29, 0.717) is 12.0 Å². The van der Waals surface area contributed by atoms with Gasteiger partial charge in [-0.15, -0.1) is 0 Å². The van der Waals surface area contributed by atoms with Crippen molar-refractivity contribution in [1.82, 2.24) is 15.0 Å². The van der Waals surface area contributed by atoms with Gasteiger partial charge in [-0.2, -0.15) is 13.2 Å². The second-order valence-corrected chi connectivity index (χ2v) is 6.05. The molecule has 0 fully saturated rings. The zero-order valence-electron chi connectivity index (χ0n) is 17.2. The quantitative estimate of drug-likeness (QED) is 0.670. The number of methoxy groups -OCH3 is 1. The van der Waals surface area contributed by atoms with Gasteiger partial charge in [0.15, 0.2) is 0 Å². The van der Waals surface area contributed by atoms with Crippen LogP contribution in [-0.4, -0.2) is 35.0 Å². The summed E-state index contributed by atoms with van der Waals surface area (Å²) in [7, 11) is 1.68. The molecule has 0 spiro atoms. The van der Waals surface area contributed by atoms with Gasteiger partial charge in [0, 0.05) is 31.4 Å². The Bertz CT molecular complexity index is 766. The fraction of sp³-hybridized carbons (Fsp3) is 0.476. The number of carbonyl (C=O) groups excluding carboxylic acids is 1. The van der Waals surface area contributed by atoms with Crippen LogP contribution in [-0.2, 0) is 15.7 Å². The first-order chi connectivity index (χ1) is 13.9. The largest absolute Gasteiger partial charge is 0.432 e. The summed E-state index contributed by atoms with van der Waals surface area (Å²) in [5, 5.41) is 0. The van der Waals surface area contributed by atoms with E-state index in [2.05, 4.69) is 19.7 Å². The van der Waals surface area contributed by atoms with Gasteiger partial charge in [-0.05, 0) is 43.9 Å². The lowest BCUT2D eigenvalue weighted by Crippen LogP contribution is -2.07. The van der Waals surface area contributed by atoms with Crippen molar-refractivity contribution in [2.45, 2.75) is 46.2 Å². The fourth-order valence-electron chi connectivity index (χ4n) is 2.55. The van der Waals surface area contributed by atoms with Crippen molar-refractivity contribution >= 4 is 11.9 Å². The third kappa shape index (κ3) is 7.45. The number of ether oxygens (including phenoxy) is 1. The van der Waals surface area contributed by atoms with Crippen LogP contribution in [0, 0.1) is 5.92 Å². The monoisotopic (exact) mass is 411 g/mol. The maximum atomic E-state index is 12.6. The van der Waals surface area contributed by atoms with Crippen LogP contribution in [0.1, 0.15) is 51.4 Å². The van der Waals surface area contributed by atoms with Crippen LogP contribution in [0.15, 0.2) is 30.6 Å². The summed E-state index contributed by atoms with van der Waals surface area (Å²) in [4.78, 5) is 21.0. The van der Waals surface area contributed by atoms with Gasteiger partial charge in [0.2, 0.25) is 0 Å². The maximum absolute atomic E-state index is 12.6. The van der Waals surface area contributed by atoms with Crippen LogP contribution >= 0.6 is 0 Å². The molecule has 5 nitrogen and oxygen atoms in total. The Morgan fingerprint density at radius 2 is 1.93 bits per heavy atom. The average Bonchev–Trinajstić information content (AvgIpc) is 3.26. The summed E-state index contributed by atoms with van der Waals surface area (Å²) in [5.74, 6) is 0.206. The minimum atomic E-state index is -4.44. The number of aromatic nitrogens is 3. The van der Waals surface area contributed by atoms with E-state index >= 15 is 0 Å². The molecule has 1 N–H and O–H groups in total. The molecule has 160 valence electrons. The predicted octanol–water partition coefficient (Wildman–Crippen LogP) is 5.55. The fourth-order valence-corrected chi connectivity index (χ4v) is 2.55. The third-order valence-corrected chi connectivity index (χ3v) is 4.18. The van der Waals surface area contributed by atoms with Crippen LogP contribution in [0.3, 0.4) is 0 Å². The summed E-state index contributed by atoms with van der Waals surface area (Å²) in [6.45, 7) is 6.78. The summed E-state index contributed by atoms with van der Waals surface area (Å²) in [5.41, 5.74) is 1.45. The molecule has 0 saturated heterocycles. The number of imidazole rings is 1. The Morgan fingerprint density at radius 3 is 2.34 bits per heavy atom. The molecule has 29 heavy (non-hydrogen) atoms. The summed E-state index contributed by atoms with van der Waals surface area (Å²) in [6.07, 6.45) is 3.07. The smallest absolute Gasteiger partial charge is 0.385 e. The minimum Gasteiger partial charge on any atom is -0.385 e. The Hall–Kier alpha value is -2.48. The van der Waals surface area contributed by atoms with Gasteiger partial charge < -0.3 is 14.5 Å². The van der Waals surface area contributed by atoms with Crippen LogP contribution in [0.5, 0.6) is 0 Å². The Balaban J connectivity index is 0.000000627. The van der Waals surface area contributed by atoms with Gasteiger partial charge in [0.05, 0.1) is 11.9 Å². The highest BCUT2D eigenvalue weighted by atomic mass is 19.4. The van der Waals surface area contributed by atoms with Crippen LogP contribution in [0.2, 0.25) is 0 Å². The molecule has 0 aromatic carbocycles. The van der Waals surface area contributed by atoms with E-state index in [1.807, 2.05) is 26.8 Å². The highest BCUT2D eigenvalue weighted by molar-refractivity contribution is 5.67. The van der Waals surface area contributed by atoms with Gasteiger partial charge >= 0.3 is 6.18 Å². The number of carbonyl (C=O) groups is 1. The van der Waals surface area contributed by atoms with Crippen LogP contribution < -0.4 is 0 Å². The van der Waals surface area contributed by atoms with Gasteiger partial charge in [-0.3, -0.25) is 4.98 Å². The molecule has 0 aliphatic heterocycles. The van der Waals surface area contributed by atoms with Gasteiger partial charge in [-0.1, -0.05) is 19.9 Å². The number of alkyl halides is 3. The van der Waals surface area contributed by atoms with E-state index in [0.717, 1.165) is 43.2 Å². The van der Waals surface area contributed by atoms with Crippen molar-refractivity contribution in [2.24, 2.45) is 5.92 Å². The SMILES string of the molecule is CC.CCOC.O=CC1CC=C(c2ccc(-c3ncc(C(F)(F)F)[nH]3)cn2)CC1. The van der Waals surface area contributed by atoms with E-state index in [9.17, 15) is 18.0 Å². The Labute approximate surface area is 169 Å². The summed E-state index contributed by atoms with van der Waals surface area (Å²) < 4.78 is 42.2. The minimum absolute atomic E-state index is 0.0712. The van der Waals surface area contributed by atoms with Gasteiger partial charge in [-0.25, -0.2) is 4.98 Å². The second-order valence-electron chi connectivity index (χ2n) is 6.05. The van der Waals surface area contributed by atoms with Gasteiger partial charge in [0.1, 0.15) is 17.8 Å². The van der Waals surface area contributed by atoms with Crippen LogP contribution in [0.4, 0.5) is 13.2 Å². The zero-order chi connectivity index (χ0) is 21.9. The number of nitrogens with zero attached hydrogens (tertiary/aromatic N) is 2. The number of nitrogens with one attached hydrogen (secondary N) is 1. The number of rotatable bonds is 4. The van der Waals surface area contributed by atoms with Gasteiger partial charge in [0.25, 0.3) is 0 Å². The molecule has 0 radical (unpaired) electrons. The van der Waals surface area contributed by atoms with E-state index in [-0.39, 0.29) is 11.7 Å². The van der Waals surface area contributed by atoms with E-state index in [1.165, 1.54) is 6.20 Å². The van der Waals surface area contributed by atoms with E-state index in [4.69, 9.17) is 0 Å². The summed E-state index contributed by atoms with van der Waals surface area (Å²) >= 11 is 0. The van der Waals surface area contributed by atoms with E-state index < -0.39 is 11.9 Å². The van der Waals surface area contributed by atoms with Crippen molar-refractivity contribution in [1.29, 1.82) is 0 Å². The van der Waals surface area contributed by atoms with E-state index in [1.54, 1.807) is 19.2 Å². The molecule has 2 aromatic heterocycles.